The summed E-state index contributed by atoms with van der Waals surface area (Å²) < 4.78 is 53.3. The van der Waals surface area contributed by atoms with Gasteiger partial charge in [0.25, 0.3) is 0 Å². The number of benzene rings is 2. The van der Waals surface area contributed by atoms with Crippen LogP contribution in [-0.2, 0) is 12.1 Å². The van der Waals surface area contributed by atoms with E-state index in [1.807, 2.05) is 0 Å². The molecule has 0 N–H and O–H groups in total. The summed E-state index contributed by atoms with van der Waals surface area (Å²) in [6.45, 7) is 0. The Bertz CT molecular complexity index is 640. The van der Waals surface area contributed by atoms with E-state index < -0.39 is 17.6 Å². The Morgan fingerprint density at radius 3 is 2.29 bits per heavy atom. The zero-order valence-corrected chi connectivity index (χ0v) is 11.8. The van der Waals surface area contributed by atoms with Crippen molar-refractivity contribution >= 4 is 23.0 Å². The second kappa shape index (κ2) is 5.93. The molecule has 0 saturated carbocycles. The van der Waals surface area contributed by atoms with Crippen LogP contribution in [0.2, 0.25) is 0 Å². The number of para-hydroxylation sites is 1. The maximum absolute atomic E-state index is 13.8. The van der Waals surface area contributed by atoms with Crippen LogP contribution in [0.25, 0.3) is 0 Å². The smallest absolute Gasteiger partial charge is 0.342 e. The normalized spacial score (nSPS) is 11.5. The third-order valence-electron chi connectivity index (χ3n) is 3.10. The first kappa shape index (κ1) is 15.6. The Kier molecular flexibility index (Phi) is 4.42. The van der Waals surface area contributed by atoms with Crippen LogP contribution in [0.15, 0.2) is 42.5 Å². The van der Waals surface area contributed by atoms with Crippen molar-refractivity contribution in [3.63, 3.8) is 0 Å². The highest BCUT2D eigenvalue weighted by atomic mass is 35.5. The van der Waals surface area contributed by atoms with E-state index in [2.05, 4.69) is 0 Å². The molecule has 0 heterocycles. The van der Waals surface area contributed by atoms with Crippen molar-refractivity contribution < 1.29 is 17.6 Å². The lowest BCUT2D eigenvalue weighted by Crippen LogP contribution is -2.17. The number of hydrogen-bond acceptors (Lipinski definition) is 1. The van der Waals surface area contributed by atoms with Gasteiger partial charge in [0.05, 0.1) is 16.9 Å². The summed E-state index contributed by atoms with van der Waals surface area (Å²) in [4.78, 5) is 1.18. The molecule has 0 saturated heterocycles. The van der Waals surface area contributed by atoms with Crippen molar-refractivity contribution in [3.8, 4) is 0 Å². The number of alkyl halides is 4. The van der Waals surface area contributed by atoms with E-state index in [1.165, 1.54) is 42.3 Å². The van der Waals surface area contributed by atoms with E-state index in [4.69, 9.17) is 11.6 Å². The van der Waals surface area contributed by atoms with Gasteiger partial charge in [0.2, 0.25) is 0 Å². The molecule has 0 spiro atoms. The third kappa shape index (κ3) is 3.29. The summed E-state index contributed by atoms with van der Waals surface area (Å²) in [5, 5.41) is 0. The number of halogens is 5. The minimum Gasteiger partial charge on any atom is -0.342 e. The molecule has 0 radical (unpaired) electrons. The van der Waals surface area contributed by atoms with Crippen LogP contribution in [0.1, 0.15) is 11.1 Å². The molecule has 0 bridgehead atoms. The van der Waals surface area contributed by atoms with Gasteiger partial charge in [-0.25, -0.2) is 4.39 Å². The van der Waals surface area contributed by atoms with Gasteiger partial charge in [0.1, 0.15) is 5.82 Å². The van der Waals surface area contributed by atoms with E-state index in [-0.39, 0.29) is 17.3 Å². The molecule has 2 aromatic carbocycles. The Hall–Kier alpha value is -1.75. The van der Waals surface area contributed by atoms with Gasteiger partial charge in [-0.1, -0.05) is 18.2 Å². The van der Waals surface area contributed by atoms with Crippen LogP contribution < -0.4 is 4.90 Å². The second-order valence-corrected chi connectivity index (χ2v) is 4.76. The Morgan fingerprint density at radius 1 is 1.05 bits per heavy atom. The first-order valence-electron chi connectivity index (χ1n) is 6.09. The third-order valence-corrected chi connectivity index (χ3v) is 3.40. The largest absolute Gasteiger partial charge is 0.418 e. The fraction of sp³-hybridized carbons (Fsp3) is 0.200. The first-order valence-corrected chi connectivity index (χ1v) is 6.62. The summed E-state index contributed by atoms with van der Waals surface area (Å²) in [6.07, 6.45) is -4.54. The molecule has 6 heteroatoms. The fourth-order valence-corrected chi connectivity index (χ4v) is 2.21. The molecule has 0 fully saturated rings. The van der Waals surface area contributed by atoms with Crippen LogP contribution in [0.3, 0.4) is 0 Å². The minimum atomic E-state index is -4.54. The molecule has 1 nitrogen and oxygen atoms in total. The molecule has 0 aliphatic carbocycles. The summed E-state index contributed by atoms with van der Waals surface area (Å²) in [5.74, 6) is -0.609. The molecule has 2 rings (SSSR count). The van der Waals surface area contributed by atoms with Gasteiger partial charge in [0.15, 0.2) is 0 Å². The maximum Gasteiger partial charge on any atom is 0.418 e. The van der Waals surface area contributed by atoms with E-state index >= 15 is 0 Å². The van der Waals surface area contributed by atoms with Crippen molar-refractivity contribution in [1.29, 1.82) is 0 Å². The summed E-state index contributed by atoms with van der Waals surface area (Å²) in [5.41, 5.74) is -0.538. The van der Waals surface area contributed by atoms with Crippen molar-refractivity contribution in [2.24, 2.45) is 0 Å². The second-order valence-electron chi connectivity index (χ2n) is 4.49. The van der Waals surface area contributed by atoms with Crippen LogP contribution in [-0.4, -0.2) is 7.05 Å². The molecular formula is C15H12ClF4N. The predicted molar refractivity (Wildman–Crippen MR) is 75.5 cm³/mol. The lowest BCUT2D eigenvalue weighted by Gasteiger charge is -2.24. The fourth-order valence-electron chi connectivity index (χ4n) is 2.04. The van der Waals surface area contributed by atoms with Gasteiger partial charge < -0.3 is 4.90 Å². The lowest BCUT2D eigenvalue weighted by atomic mass is 10.1. The number of rotatable bonds is 3. The SMILES string of the molecule is CN(c1ccccc1F)c1ccc(CCl)cc1C(F)(F)F. The Morgan fingerprint density at radius 2 is 1.71 bits per heavy atom. The summed E-state index contributed by atoms with van der Waals surface area (Å²) in [6, 6.07) is 9.45. The molecule has 0 aliphatic heterocycles. The average molecular weight is 318 g/mol. The van der Waals surface area contributed by atoms with Crippen LogP contribution in [0.4, 0.5) is 28.9 Å². The number of anilines is 2. The van der Waals surface area contributed by atoms with E-state index in [9.17, 15) is 17.6 Å². The van der Waals surface area contributed by atoms with Crippen LogP contribution >= 0.6 is 11.6 Å². The lowest BCUT2D eigenvalue weighted by molar-refractivity contribution is -0.137. The highest BCUT2D eigenvalue weighted by Gasteiger charge is 2.35. The monoisotopic (exact) mass is 317 g/mol. The molecule has 0 aromatic heterocycles. The minimum absolute atomic E-state index is 0.0211. The molecule has 0 unspecified atom stereocenters. The van der Waals surface area contributed by atoms with E-state index in [0.717, 1.165) is 6.07 Å². The first-order chi connectivity index (χ1) is 9.84. The van der Waals surface area contributed by atoms with Crippen molar-refractivity contribution in [2.45, 2.75) is 12.1 Å². The van der Waals surface area contributed by atoms with E-state index in [0.29, 0.717) is 5.56 Å². The molecule has 0 atom stereocenters. The maximum atomic E-state index is 13.8. The van der Waals surface area contributed by atoms with Crippen LogP contribution in [0, 0.1) is 5.82 Å². The average Bonchev–Trinajstić information content (AvgIpc) is 2.45. The van der Waals surface area contributed by atoms with Gasteiger partial charge >= 0.3 is 6.18 Å². The number of nitrogens with zero attached hydrogens (tertiary/aromatic N) is 1. The molecule has 0 amide bonds. The molecule has 0 aliphatic rings. The Balaban J connectivity index is 2.56. The van der Waals surface area contributed by atoms with Gasteiger partial charge in [0, 0.05) is 12.9 Å². The molecule has 2 aromatic rings. The van der Waals surface area contributed by atoms with Crippen molar-refractivity contribution in [3.05, 3.63) is 59.4 Å². The van der Waals surface area contributed by atoms with Crippen molar-refractivity contribution in [1.82, 2.24) is 0 Å². The van der Waals surface area contributed by atoms with Gasteiger partial charge in [-0.15, -0.1) is 11.6 Å². The zero-order valence-electron chi connectivity index (χ0n) is 11.1. The van der Waals surface area contributed by atoms with Crippen molar-refractivity contribution in [2.75, 3.05) is 11.9 Å². The van der Waals surface area contributed by atoms with Gasteiger partial charge in [-0.3, -0.25) is 0 Å². The number of hydrogen-bond donors (Lipinski definition) is 0. The highest BCUT2D eigenvalue weighted by Crippen LogP contribution is 2.39. The Labute approximate surface area is 124 Å². The highest BCUT2D eigenvalue weighted by molar-refractivity contribution is 6.17. The quantitative estimate of drug-likeness (QED) is 0.545. The topological polar surface area (TPSA) is 3.24 Å². The van der Waals surface area contributed by atoms with Gasteiger partial charge in [-0.2, -0.15) is 13.2 Å². The predicted octanol–water partition coefficient (Wildman–Crippen LogP) is 5.35. The van der Waals surface area contributed by atoms with Gasteiger partial charge in [-0.05, 0) is 29.8 Å². The zero-order chi connectivity index (χ0) is 15.6. The molecule has 112 valence electrons. The summed E-state index contributed by atoms with van der Waals surface area (Å²) in [7, 11) is 1.39. The molecular weight excluding hydrogens is 306 g/mol. The standard InChI is InChI=1S/C15H12ClF4N/c1-21(14-5-3-2-4-12(14)17)13-7-6-10(9-16)8-11(13)15(18,19)20/h2-8H,9H2,1H3. The summed E-state index contributed by atoms with van der Waals surface area (Å²) >= 11 is 5.58. The molecule has 21 heavy (non-hydrogen) atoms. The van der Waals surface area contributed by atoms with E-state index in [1.54, 1.807) is 6.07 Å². The van der Waals surface area contributed by atoms with Crippen LogP contribution in [0.5, 0.6) is 0 Å².